The summed E-state index contributed by atoms with van der Waals surface area (Å²) < 4.78 is 0. The van der Waals surface area contributed by atoms with Crippen molar-refractivity contribution in [2.24, 2.45) is 0 Å². The normalized spacial score (nSPS) is 14.4. The van der Waals surface area contributed by atoms with E-state index >= 15 is 0 Å². The van der Waals surface area contributed by atoms with Crippen LogP contribution in [0.15, 0.2) is 0 Å². The molecule has 0 spiro atoms. The number of hydrogen-bond donors (Lipinski definition) is 5. The van der Waals surface area contributed by atoms with E-state index in [-0.39, 0.29) is 0 Å². The summed E-state index contributed by atoms with van der Waals surface area (Å²) in [4.78, 5) is 12.4. The molecule has 0 aliphatic carbocycles. The van der Waals surface area contributed by atoms with Crippen LogP contribution in [0, 0.1) is 0 Å². The maximum absolute atomic E-state index is 12.4. The van der Waals surface area contributed by atoms with Crippen LogP contribution in [0.25, 0.3) is 0 Å². The number of carbonyl (C=O) groups is 1. The van der Waals surface area contributed by atoms with Gasteiger partial charge in [-0.25, -0.2) is 0 Å². The average Bonchev–Trinajstić information content (AvgIpc) is 3.04. The van der Waals surface area contributed by atoms with Gasteiger partial charge in [-0.3, -0.25) is 4.79 Å². The quantitative estimate of drug-likeness (QED) is 0.0438. The molecule has 4 unspecified atom stereocenters. The van der Waals surface area contributed by atoms with E-state index in [1.54, 1.807) is 0 Å². The Hall–Kier alpha value is -0.690. The second-order valence-corrected chi connectivity index (χ2v) is 14.0. The minimum Gasteiger partial charge on any atom is -0.394 e. The van der Waals surface area contributed by atoms with Gasteiger partial charge in [-0.1, -0.05) is 200 Å². The predicted molar refractivity (Wildman–Crippen MR) is 192 cm³/mol. The van der Waals surface area contributed by atoms with Gasteiger partial charge in [0.05, 0.1) is 18.8 Å². The molecule has 0 fully saturated rings. The van der Waals surface area contributed by atoms with E-state index in [9.17, 15) is 25.2 Å². The van der Waals surface area contributed by atoms with E-state index in [4.69, 9.17) is 0 Å². The SMILES string of the molecule is CCCCCCCCCCCCCCCCCCCCCCC(O)C(O)C(CO)NC(=O)C(O)CCCCCCCCCCC. The molecule has 45 heavy (non-hydrogen) atoms. The van der Waals surface area contributed by atoms with Crippen molar-refractivity contribution in [2.75, 3.05) is 6.61 Å². The number of nitrogens with one attached hydrogen (secondary N) is 1. The van der Waals surface area contributed by atoms with Crippen LogP contribution in [0.3, 0.4) is 0 Å². The maximum Gasteiger partial charge on any atom is 0.249 e. The zero-order valence-electron chi connectivity index (χ0n) is 30.1. The zero-order chi connectivity index (χ0) is 33.2. The van der Waals surface area contributed by atoms with Crippen LogP contribution in [0.4, 0.5) is 0 Å². The summed E-state index contributed by atoms with van der Waals surface area (Å²) in [5, 5.41) is 43.4. The van der Waals surface area contributed by atoms with Gasteiger partial charge in [0.25, 0.3) is 0 Å². The van der Waals surface area contributed by atoms with Crippen molar-refractivity contribution >= 4 is 5.91 Å². The first-order chi connectivity index (χ1) is 22.0. The molecule has 0 aliphatic heterocycles. The Morgan fingerprint density at radius 2 is 0.756 bits per heavy atom. The van der Waals surface area contributed by atoms with Crippen LogP contribution in [-0.2, 0) is 4.79 Å². The van der Waals surface area contributed by atoms with Gasteiger partial charge in [0.2, 0.25) is 5.91 Å². The summed E-state index contributed by atoms with van der Waals surface area (Å²) in [5.41, 5.74) is 0. The first-order valence-corrected chi connectivity index (χ1v) is 19.9. The molecule has 0 saturated heterocycles. The van der Waals surface area contributed by atoms with Gasteiger partial charge in [0.1, 0.15) is 12.2 Å². The van der Waals surface area contributed by atoms with Gasteiger partial charge in [0, 0.05) is 0 Å². The summed E-state index contributed by atoms with van der Waals surface area (Å²) in [6.07, 6.45) is 34.2. The molecule has 0 aromatic heterocycles. The Morgan fingerprint density at radius 1 is 0.467 bits per heavy atom. The summed E-state index contributed by atoms with van der Waals surface area (Å²) >= 11 is 0. The molecule has 0 rings (SSSR count). The zero-order valence-corrected chi connectivity index (χ0v) is 30.1. The lowest BCUT2D eigenvalue weighted by Gasteiger charge is -2.27. The molecule has 0 heterocycles. The second kappa shape index (κ2) is 34.6. The van der Waals surface area contributed by atoms with Crippen LogP contribution in [-0.4, -0.2) is 57.3 Å². The summed E-state index contributed by atoms with van der Waals surface area (Å²) in [5.74, 6) is -0.585. The number of rotatable bonds is 36. The van der Waals surface area contributed by atoms with E-state index in [0.29, 0.717) is 12.8 Å². The largest absolute Gasteiger partial charge is 0.394 e. The van der Waals surface area contributed by atoms with Crippen molar-refractivity contribution in [1.82, 2.24) is 5.32 Å². The molecule has 6 nitrogen and oxygen atoms in total. The molecule has 0 bridgehead atoms. The fourth-order valence-corrected chi connectivity index (χ4v) is 6.34. The summed E-state index contributed by atoms with van der Waals surface area (Å²) in [6.45, 7) is 4.02. The highest BCUT2D eigenvalue weighted by atomic mass is 16.3. The Labute approximate surface area is 279 Å². The highest BCUT2D eigenvalue weighted by Gasteiger charge is 2.28. The predicted octanol–water partition coefficient (Wildman–Crippen LogP) is 9.68. The second-order valence-electron chi connectivity index (χ2n) is 14.0. The number of amides is 1. The van der Waals surface area contributed by atoms with Crippen molar-refractivity contribution in [2.45, 2.75) is 237 Å². The lowest BCUT2D eigenvalue weighted by atomic mass is 9.99. The third-order valence-electron chi connectivity index (χ3n) is 9.57. The van der Waals surface area contributed by atoms with Gasteiger partial charge in [-0.05, 0) is 12.8 Å². The van der Waals surface area contributed by atoms with Crippen molar-refractivity contribution in [3.8, 4) is 0 Å². The van der Waals surface area contributed by atoms with Gasteiger partial charge in [0.15, 0.2) is 0 Å². The third kappa shape index (κ3) is 29.2. The minimum absolute atomic E-state index is 0.373. The molecule has 0 radical (unpaired) electrons. The van der Waals surface area contributed by atoms with Crippen LogP contribution in [0.2, 0.25) is 0 Å². The number of unbranched alkanes of at least 4 members (excludes halogenated alkanes) is 27. The molecule has 1 amide bonds. The Morgan fingerprint density at radius 3 is 1.07 bits per heavy atom. The lowest BCUT2D eigenvalue weighted by Crippen LogP contribution is -2.53. The lowest BCUT2D eigenvalue weighted by molar-refractivity contribution is -0.132. The number of carbonyl (C=O) groups excluding carboxylic acids is 1. The summed E-state index contributed by atoms with van der Waals surface area (Å²) in [7, 11) is 0. The minimum atomic E-state index is -1.25. The van der Waals surface area contributed by atoms with E-state index in [2.05, 4.69) is 19.2 Å². The average molecular weight is 642 g/mol. The molecule has 0 saturated carbocycles. The van der Waals surface area contributed by atoms with Crippen molar-refractivity contribution in [3.05, 3.63) is 0 Å². The number of aliphatic hydroxyl groups excluding tert-OH is 4. The van der Waals surface area contributed by atoms with Crippen LogP contribution >= 0.6 is 0 Å². The molecule has 6 heteroatoms. The molecule has 0 aromatic carbocycles. The highest BCUT2D eigenvalue weighted by molar-refractivity contribution is 5.80. The fourth-order valence-electron chi connectivity index (χ4n) is 6.34. The highest BCUT2D eigenvalue weighted by Crippen LogP contribution is 2.17. The van der Waals surface area contributed by atoms with Gasteiger partial charge < -0.3 is 25.7 Å². The topological polar surface area (TPSA) is 110 Å². The van der Waals surface area contributed by atoms with E-state index in [0.717, 1.165) is 38.5 Å². The fraction of sp³-hybridized carbons (Fsp3) is 0.974. The smallest absolute Gasteiger partial charge is 0.249 e. The Bertz CT molecular complexity index is 604. The molecule has 270 valence electrons. The number of aliphatic hydroxyl groups is 4. The third-order valence-corrected chi connectivity index (χ3v) is 9.57. The maximum atomic E-state index is 12.4. The first-order valence-electron chi connectivity index (χ1n) is 19.9. The Balaban J connectivity index is 3.68. The monoisotopic (exact) mass is 642 g/mol. The van der Waals surface area contributed by atoms with Crippen molar-refractivity contribution in [3.63, 3.8) is 0 Å². The molecule has 5 N–H and O–H groups in total. The van der Waals surface area contributed by atoms with Gasteiger partial charge >= 0.3 is 0 Å². The molecular weight excluding hydrogens is 562 g/mol. The molecule has 0 aliphatic rings. The standard InChI is InChI=1S/C39H79NO5/c1-3-5-7-9-11-13-14-15-16-17-18-19-20-21-22-23-25-26-28-30-32-36(42)38(44)35(34-41)40-39(45)37(43)33-31-29-27-24-12-10-8-6-4-2/h35-38,41-44H,3-34H2,1-2H3,(H,40,45). The van der Waals surface area contributed by atoms with E-state index < -0.39 is 36.9 Å². The van der Waals surface area contributed by atoms with E-state index in [1.165, 1.54) is 148 Å². The molecule has 0 aromatic rings. The van der Waals surface area contributed by atoms with Crippen LogP contribution in [0.1, 0.15) is 213 Å². The van der Waals surface area contributed by atoms with Crippen molar-refractivity contribution < 1.29 is 25.2 Å². The van der Waals surface area contributed by atoms with E-state index in [1.807, 2.05) is 0 Å². The first kappa shape index (κ1) is 44.3. The number of hydrogen-bond acceptors (Lipinski definition) is 5. The van der Waals surface area contributed by atoms with Crippen molar-refractivity contribution in [1.29, 1.82) is 0 Å². The van der Waals surface area contributed by atoms with Crippen LogP contribution < -0.4 is 5.32 Å². The molecular formula is C39H79NO5. The molecule has 4 atom stereocenters. The summed E-state index contributed by atoms with van der Waals surface area (Å²) in [6, 6.07) is -0.977. The Kier molecular flexibility index (Phi) is 34.1. The van der Waals surface area contributed by atoms with Gasteiger partial charge in [-0.2, -0.15) is 0 Å². The van der Waals surface area contributed by atoms with Gasteiger partial charge in [-0.15, -0.1) is 0 Å². The van der Waals surface area contributed by atoms with Crippen LogP contribution in [0.5, 0.6) is 0 Å².